The van der Waals surface area contributed by atoms with Crippen molar-refractivity contribution in [3.8, 4) is 29.1 Å². The summed E-state index contributed by atoms with van der Waals surface area (Å²) in [5.74, 6) is -6.26. The summed E-state index contributed by atoms with van der Waals surface area (Å²) in [6.45, 7) is 21.2. The Balaban J connectivity index is 0.891. The highest BCUT2D eigenvalue weighted by Gasteiger charge is 2.37. The monoisotopic (exact) mass is 1280 g/mol. The van der Waals surface area contributed by atoms with Gasteiger partial charge in [0.25, 0.3) is 5.70 Å². The first-order chi connectivity index (χ1) is 43.0. The van der Waals surface area contributed by atoms with Crippen molar-refractivity contribution in [2.75, 3.05) is 39.6 Å². The quantitative estimate of drug-likeness (QED) is 0.0144. The van der Waals surface area contributed by atoms with Gasteiger partial charge in [-0.25, -0.2) is 19.7 Å². The van der Waals surface area contributed by atoms with Crippen LogP contribution >= 0.6 is 23.5 Å². The molecule has 0 aromatic heterocycles. The third kappa shape index (κ3) is 22.8. The highest BCUT2D eigenvalue weighted by molar-refractivity contribution is 8.24. The molecule has 0 unspecified atom stereocenters. The minimum Gasteiger partial charge on any atom is -0.465 e. The van der Waals surface area contributed by atoms with Gasteiger partial charge in [-0.15, -0.1) is 0 Å². The molecule has 3 aliphatic rings. The van der Waals surface area contributed by atoms with Crippen LogP contribution in [0.1, 0.15) is 116 Å². The molecule has 6 rings (SSSR count). The van der Waals surface area contributed by atoms with E-state index in [1.165, 1.54) is 12.1 Å². The molecule has 0 bridgehead atoms. The molecule has 0 atom stereocenters. The molecule has 1 heterocycles. The molecule has 478 valence electrons. The molecule has 0 saturated heterocycles. The van der Waals surface area contributed by atoms with Crippen LogP contribution in [0.3, 0.4) is 0 Å². The SMILES string of the molecule is [C-]#[N+]/C(C#N)=C1\Sc2c(OC(=O)C3CCC(C(=O)Oc4ccc(CCOC(=O)CCC(=O)OCC(C)(C)COC(=O)C=C)cc4)CC3)ccc(OC(=O)C3CCC(C(=O)Oc4ccc(COCC(=O)CCC(=O)OCC(C)(C)COC(=O)C=C)cc4)CC3)c2S1. The zero-order valence-corrected chi connectivity index (χ0v) is 52.3. The van der Waals surface area contributed by atoms with Gasteiger partial charge < -0.3 is 47.4 Å². The smallest absolute Gasteiger partial charge is 0.330 e. The van der Waals surface area contributed by atoms with Crippen LogP contribution in [-0.2, 0) is 89.4 Å². The summed E-state index contributed by atoms with van der Waals surface area (Å²) < 4.78 is 54.9. The lowest BCUT2D eigenvalue weighted by atomic mass is 9.82. The minimum absolute atomic E-state index is 0.00390. The number of ketones is 1. The molecular weight excluding hydrogens is 1200 g/mol. The van der Waals surface area contributed by atoms with Crippen molar-refractivity contribution < 1.29 is 95.3 Å². The van der Waals surface area contributed by atoms with E-state index >= 15 is 0 Å². The molecule has 2 saturated carbocycles. The number of Topliss-reactive ketones (excluding diaryl/α,β-unsaturated/α-hetero) is 1. The van der Waals surface area contributed by atoms with E-state index in [0.29, 0.717) is 88.9 Å². The van der Waals surface area contributed by atoms with Gasteiger partial charge in [0.15, 0.2) is 5.78 Å². The number of carbonyl (C=O) groups is 10. The summed E-state index contributed by atoms with van der Waals surface area (Å²) in [4.78, 5) is 130. The number of rotatable bonds is 31. The Morgan fingerprint density at radius 2 is 0.922 bits per heavy atom. The molecule has 0 spiro atoms. The molecule has 2 aliphatic carbocycles. The fourth-order valence-corrected chi connectivity index (χ4v) is 11.6. The molecular formula is C66H72N2O20S2. The van der Waals surface area contributed by atoms with Crippen LogP contribution < -0.4 is 18.9 Å². The lowest BCUT2D eigenvalue weighted by molar-refractivity contribution is -0.154. The van der Waals surface area contributed by atoms with Crippen molar-refractivity contribution >= 4 is 83.0 Å². The topological polar surface area (TPSA) is 291 Å². The molecule has 24 heteroatoms. The maximum atomic E-state index is 13.7. The van der Waals surface area contributed by atoms with Crippen LogP contribution in [0.5, 0.6) is 23.0 Å². The molecule has 0 radical (unpaired) electrons. The fraction of sp³-hybridized carbons (Fsp3) is 0.455. The zero-order chi connectivity index (χ0) is 65.4. The van der Waals surface area contributed by atoms with E-state index in [4.69, 9.17) is 53.9 Å². The summed E-state index contributed by atoms with van der Waals surface area (Å²) in [5.41, 5.74) is 0.0775. The first kappa shape index (κ1) is 70.5. The van der Waals surface area contributed by atoms with Gasteiger partial charge in [-0.3, -0.25) is 38.4 Å². The Bertz CT molecular complexity index is 3060. The summed E-state index contributed by atoms with van der Waals surface area (Å²) in [5, 5.41) is 9.73. The van der Waals surface area contributed by atoms with Gasteiger partial charge in [-0.1, -0.05) is 88.6 Å². The van der Waals surface area contributed by atoms with Crippen LogP contribution in [-0.4, -0.2) is 99.1 Å². The number of hydrogen-bond acceptors (Lipinski definition) is 23. The molecule has 3 aromatic carbocycles. The van der Waals surface area contributed by atoms with Crippen LogP contribution in [0, 0.1) is 52.4 Å². The lowest BCUT2D eigenvalue weighted by Crippen LogP contribution is -2.30. The second-order valence-electron chi connectivity index (χ2n) is 23.1. The van der Waals surface area contributed by atoms with Crippen molar-refractivity contribution in [1.29, 1.82) is 5.26 Å². The van der Waals surface area contributed by atoms with Crippen LogP contribution in [0.25, 0.3) is 4.85 Å². The van der Waals surface area contributed by atoms with E-state index in [0.717, 1.165) is 41.2 Å². The number of carbonyl (C=O) groups excluding carboxylic acids is 10. The number of thioether (sulfide) groups is 2. The fourth-order valence-electron chi connectivity index (χ4n) is 9.18. The molecule has 90 heavy (non-hydrogen) atoms. The van der Waals surface area contributed by atoms with Crippen molar-refractivity contribution in [2.24, 2.45) is 34.5 Å². The van der Waals surface area contributed by atoms with Crippen LogP contribution in [0.4, 0.5) is 0 Å². The highest BCUT2D eigenvalue weighted by atomic mass is 32.2. The highest BCUT2D eigenvalue weighted by Crippen LogP contribution is 2.59. The summed E-state index contributed by atoms with van der Waals surface area (Å²) in [7, 11) is 0. The summed E-state index contributed by atoms with van der Waals surface area (Å²) in [6, 6.07) is 18.2. The molecule has 2 fully saturated rings. The maximum Gasteiger partial charge on any atom is 0.330 e. The number of fused-ring (bicyclic) bond motifs is 1. The van der Waals surface area contributed by atoms with E-state index in [2.05, 4.69) is 18.0 Å². The van der Waals surface area contributed by atoms with Gasteiger partial charge >= 0.3 is 53.7 Å². The second-order valence-corrected chi connectivity index (χ2v) is 25.4. The average molecular weight is 1280 g/mol. The third-order valence-electron chi connectivity index (χ3n) is 14.5. The molecule has 0 N–H and O–H groups in total. The third-order valence-corrected chi connectivity index (χ3v) is 17.1. The van der Waals surface area contributed by atoms with E-state index in [9.17, 15) is 53.2 Å². The largest absolute Gasteiger partial charge is 0.465 e. The van der Waals surface area contributed by atoms with Gasteiger partial charge in [0, 0.05) is 35.8 Å². The second kappa shape index (κ2) is 34.4. The summed E-state index contributed by atoms with van der Waals surface area (Å²) >= 11 is 2.11. The van der Waals surface area contributed by atoms with Gasteiger partial charge in [0.1, 0.15) is 29.6 Å². The Morgan fingerprint density at radius 3 is 1.32 bits per heavy atom. The van der Waals surface area contributed by atoms with Gasteiger partial charge in [0.05, 0.1) is 109 Å². The van der Waals surface area contributed by atoms with Crippen LogP contribution in [0.15, 0.2) is 106 Å². The van der Waals surface area contributed by atoms with E-state index < -0.39 is 88.2 Å². The first-order valence-electron chi connectivity index (χ1n) is 29.2. The molecule has 22 nitrogen and oxygen atoms in total. The van der Waals surface area contributed by atoms with Crippen LogP contribution in [0.2, 0.25) is 0 Å². The van der Waals surface area contributed by atoms with Crippen molar-refractivity contribution in [2.45, 2.75) is 128 Å². The Morgan fingerprint density at radius 1 is 0.544 bits per heavy atom. The Labute approximate surface area is 530 Å². The first-order valence-corrected chi connectivity index (χ1v) is 30.8. The number of nitriles is 1. The van der Waals surface area contributed by atoms with Crippen molar-refractivity contribution in [3.63, 3.8) is 0 Å². The van der Waals surface area contributed by atoms with Crippen molar-refractivity contribution in [1.82, 2.24) is 0 Å². The molecule has 1 aliphatic heterocycles. The standard InChI is InChI=1S/C66H72N2O20S2/c1-8-53(70)81-37-65(3,4)39-83-56(73)29-22-47(69)36-79-35-42-12-25-49(26-13-42)86-61(76)44-16-20-46(21-17-44)63(78)88-52-28-27-51(58-59(52)90-64(89-58)50(34-67)68-7)87-62(77)45-18-14-43(15-19-45)60(75)85-48-23-10-41(11-24-48)32-33-80-55(72)30-31-57(74)84-40-66(5,6)38-82-54(71)9-2/h8-13,23-28,43-46H,1-2,14-22,29-33,35-40H2,3-6H3/b64-50+. The zero-order valence-electron chi connectivity index (χ0n) is 50.7. The number of hydrogen-bond donors (Lipinski definition) is 0. The number of benzene rings is 3. The summed E-state index contributed by atoms with van der Waals surface area (Å²) in [6.07, 6.45) is 4.69. The number of ether oxygens (including phenoxy) is 10. The predicted molar refractivity (Wildman–Crippen MR) is 323 cm³/mol. The van der Waals surface area contributed by atoms with Crippen molar-refractivity contribution in [3.05, 3.63) is 118 Å². The molecule has 3 aromatic rings. The van der Waals surface area contributed by atoms with Gasteiger partial charge in [-0.05, 0) is 98.9 Å². The molecule has 0 amide bonds. The minimum atomic E-state index is -0.632. The maximum absolute atomic E-state index is 13.7. The number of nitrogens with zero attached hydrogens (tertiary/aromatic N) is 2. The van der Waals surface area contributed by atoms with Gasteiger partial charge in [-0.2, -0.15) is 0 Å². The van der Waals surface area contributed by atoms with E-state index in [1.807, 2.05) is 6.07 Å². The Kier molecular flexibility index (Phi) is 27.0. The lowest BCUT2D eigenvalue weighted by Gasteiger charge is -2.26. The van der Waals surface area contributed by atoms with E-state index in [-0.39, 0.29) is 94.9 Å². The van der Waals surface area contributed by atoms with E-state index in [1.54, 1.807) is 76.2 Å². The average Bonchev–Trinajstić information content (AvgIpc) is 1.68. The number of esters is 9. The van der Waals surface area contributed by atoms with Gasteiger partial charge in [0.2, 0.25) is 0 Å². The Hall–Kier alpha value is -8.58. The normalized spacial score (nSPS) is 17.4. The predicted octanol–water partition coefficient (Wildman–Crippen LogP) is 10.5. The number of allylic oxidation sites excluding steroid dienone is 1.